The molecule has 0 aliphatic rings. The Balaban J connectivity index is 2.26. The first kappa shape index (κ1) is 15.6. The third-order valence-electron chi connectivity index (χ3n) is 2.85. The lowest BCUT2D eigenvalue weighted by Gasteiger charge is -2.16. The molecule has 6 heteroatoms. The lowest BCUT2D eigenvalue weighted by Crippen LogP contribution is -2.18. The fourth-order valence-electron chi connectivity index (χ4n) is 1.87. The molecule has 2 aromatic rings. The van der Waals surface area contributed by atoms with Crippen LogP contribution in [0.15, 0.2) is 28.7 Å². The van der Waals surface area contributed by atoms with E-state index in [0.29, 0.717) is 4.34 Å². The van der Waals surface area contributed by atoms with Crippen molar-refractivity contribution in [3.63, 3.8) is 0 Å². The van der Waals surface area contributed by atoms with E-state index >= 15 is 0 Å². The lowest BCUT2D eigenvalue weighted by molar-refractivity contribution is 0.594. The molecule has 1 atom stereocenters. The van der Waals surface area contributed by atoms with Gasteiger partial charge in [-0.05, 0) is 37.2 Å². The second-order valence-electron chi connectivity index (χ2n) is 4.06. The summed E-state index contributed by atoms with van der Waals surface area (Å²) in [5.41, 5.74) is 2.08. The van der Waals surface area contributed by atoms with Gasteiger partial charge in [0.1, 0.15) is 0 Å². The summed E-state index contributed by atoms with van der Waals surface area (Å²) in [5, 5.41) is 4.00. The minimum atomic E-state index is 0.0925. The number of nitrogens with one attached hydrogen (secondary N) is 1. The number of benzene rings is 1. The first-order valence-corrected chi connectivity index (χ1v) is 8.31. The number of likely N-dealkylation sites (N-methyl/N-ethyl adjacent to an activating group) is 1. The first-order chi connectivity index (χ1) is 9.01. The summed E-state index contributed by atoms with van der Waals surface area (Å²) in [6.07, 6.45) is 0.759. The van der Waals surface area contributed by atoms with Gasteiger partial charge in [0.25, 0.3) is 0 Å². The minimum Gasteiger partial charge on any atom is -0.313 e. The summed E-state index contributed by atoms with van der Waals surface area (Å²) < 4.78 is 2.39. The molecule has 1 heterocycles. The molecule has 0 aliphatic carbocycles. The van der Waals surface area contributed by atoms with Gasteiger partial charge in [-0.3, -0.25) is 0 Å². The van der Waals surface area contributed by atoms with E-state index in [-0.39, 0.29) is 6.04 Å². The summed E-state index contributed by atoms with van der Waals surface area (Å²) in [5.74, 6) is 0. The number of hydrogen-bond acceptors (Lipinski definition) is 2. The molecular weight excluding hydrogens is 388 g/mol. The van der Waals surface area contributed by atoms with E-state index in [0.717, 1.165) is 31.4 Å². The highest BCUT2D eigenvalue weighted by atomic mass is 79.9. The van der Waals surface area contributed by atoms with Crippen LogP contribution in [0.2, 0.25) is 13.7 Å². The molecule has 0 amide bonds. The third-order valence-corrected chi connectivity index (χ3v) is 5.21. The largest absolute Gasteiger partial charge is 0.313 e. The SMILES string of the molecule is CNC(Cc1ccc(Br)cc1Cl)c1cc(Cl)sc1Cl. The molecule has 0 fully saturated rings. The predicted octanol–water partition coefficient (Wildman–Crippen LogP) is 5.97. The Morgan fingerprint density at radius 1 is 1.26 bits per heavy atom. The van der Waals surface area contributed by atoms with E-state index in [9.17, 15) is 0 Å². The van der Waals surface area contributed by atoms with E-state index in [1.54, 1.807) is 0 Å². The molecule has 0 saturated carbocycles. The zero-order chi connectivity index (χ0) is 14.0. The van der Waals surface area contributed by atoms with Crippen LogP contribution < -0.4 is 5.32 Å². The molecule has 0 radical (unpaired) electrons. The number of hydrogen-bond donors (Lipinski definition) is 1. The number of halogens is 4. The normalized spacial score (nSPS) is 12.7. The fraction of sp³-hybridized carbons (Fsp3) is 0.231. The van der Waals surface area contributed by atoms with Crippen LogP contribution in [0.4, 0.5) is 0 Å². The van der Waals surface area contributed by atoms with E-state index < -0.39 is 0 Å². The average molecular weight is 400 g/mol. The molecule has 1 unspecified atom stereocenters. The number of rotatable bonds is 4. The van der Waals surface area contributed by atoms with Gasteiger partial charge in [-0.1, -0.05) is 56.8 Å². The summed E-state index contributed by atoms with van der Waals surface area (Å²) >= 11 is 23.2. The smallest absolute Gasteiger partial charge is 0.0992 e. The van der Waals surface area contributed by atoms with Crippen molar-refractivity contribution in [2.45, 2.75) is 12.5 Å². The van der Waals surface area contributed by atoms with Crippen molar-refractivity contribution in [3.05, 3.63) is 53.6 Å². The Morgan fingerprint density at radius 3 is 2.53 bits per heavy atom. The third kappa shape index (κ3) is 3.87. The van der Waals surface area contributed by atoms with Gasteiger partial charge in [-0.15, -0.1) is 11.3 Å². The van der Waals surface area contributed by atoms with Crippen LogP contribution in [0.3, 0.4) is 0 Å². The Labute approximate surface area is 140 Å². The van der Waals surface area contributed by atoms with Crippen molar-refractivity contribution in [1.29, 1.82) is 0 Å². The van der Waals surface area contributed by atoms with Crippen LogP contribution in [0, 0.1) is 0 Å². The summed E-state index contributed by atoms with van der Waals surface area (Å²) in [6, 6.07) is 7.89. The molecule has 0 aliphatic heterocycles. The molecule has 0 spiro atoms. The average Bonchev–Trinajstić information content (AvgIpc) is 2.68. The molecule has 0 bridgehead atoms. The Kier molecular flexibility index (Phi) is 5.58. The Morgan fingerprint density at radius 2 is 2.00 bits per heavy atom. The predicted molar refractivity (Wildman–Crippen MR) is 89.0 cm³/mol. The van der Waals surface area contributed by atoms with E-state index in [2.05, 4.69) is 21.2 Å². The molecule has 1 N–H and O–H groups in total. The lowest BCUT2D eigenvalue weighted by atomic mass is 10.0. The Hall–Kier alpha value is 0.230. The standard InChI is InChI=1S/C13H11BrCl3NS/c1-18-11(9-6-12(16)19-13(9)17)4-7-2-3-8(14)5-10(7)15/h2-3,5-6,11,18H,4H2,1H3. The van der Waals surface area contributed by atoms with E-state index in [1.807, 2.05) is 31.3 Å². The van der Waals surface area contributed by atoms with Crippen LogP contribution >= 0.6 is 62.1 Å². The molecule has 2 rings (SSSR count). The van der Waals surface area contributed by atoms with Gasteiger partial charge in [-0.25, -0.2) is 0 Å². The van der Waals surface area contributed by atoms with Crippen molar-refractivity contribution in [3.8, 4) is 0 Å². The van der Waals surface area contributed by atoms with Gasteiger partial charge in [0.05, 0.1) is 8.67 Å². The van der Waals surface area contributed by atoms with Gasteiger partial charge in [-0.2, -0.15) is 0 Å². The topological polar surface area (TPSA) is 12.0 Å². The minimum absolute atomic E-state index is 0.0925. The van der Waals surface area contributed by atoms with Crippen molar-refractivity contribution in [1.82, 2.24) is 5.32 Å². The van der Waals surface area contributed by atoms with Crippen molar-refractivity contribution >= 4 is 62.1 Å². The highest BCUT2D eigenvalue weighted by molar-refractivity contribution is 9.10. The monoisotopic (exact) mass is 397 g/mol. The summed E-state index contributed by atoms with van der Waals surface area (Å²) in [4.78, 5) is 0. The second-order valence-corrected chi connectivity index (χ2v) is 7.67. The highest BCUT2D eigenvalue weighted by Crippen LogP contribution is 2.36. The van der Waals surface area contributed by atoms with E-state index in [4.69, 9.17) is 34.8 Å². The van der Waals surface area contributed by atoms with Crippen LogP contribution in [-0.2, 0) is 6.42 Å². The maximum absolute atomic E-state index is 6.25. The highest BCUT2D eigenvalue weighted by Gasteiger charge is 2.17. The quantitative estimate of drug-likeness (QED) is 0.667. The van der Waals surface area contributed by atoms with Crippen LogP contribution in [0.25, 0.3) is 0 Å². The van der Waals surface area contributed by atoms with Gasteiger partial charge in [0.15, 0.2) is 0 Å². The maximum Gasteiger partial charge on any atom is 0.0992 e. The molecule has 0 saturated heterocycles. The van der Waals surface area contributed by atoms with Crippen LogP contribution in [0.5, 0.6) is 0 Å². The van der Waals surface area contributed by atoms with Crippen LogP contribution in [-0.4, -0.2) is 7.05 Å². The molecule has 1 aromatic carbocycles. The maximum atomic E-state index is 6.25. The fourth-order valence-corrected chi connectivity index (χ4v) is 4.20. The van der Waals surface area contributed by atoms with Crippen molar-refractivity contribution in [2.24, 2.45) is 0 Å². The summed E-state index contributed by atoms with van der Waals surface area (Å²) in [7, 11) is 1.90. The van der Waals surface area contributed by atoms with Crippen LogP contribution in [0.1, 0.15) is 17.2 Å². The zero-order valence-electron chi connectivity index (χ0n) is 10.0. The van der Waals surface area contributed by atoms with Gasteiger partial charge >= 0.3 is 0 Å². The first-order valence-electron chi connectivity index (χ1n) is 5.57. The van der Waals surface area contributed by atoms with Gasteiger partial charge in [0.2, 0.25) is 0 Å². The van der Waals surface area contributed by atoms with Crippen molar-refractivity contribution in [2.75, 3.05) is 7.05 Å². The Bertz CT molecular complexity index is 585. The molecule has 1 nitrogen and oxygen atoms in total. The molecular formula is C13H11BrCl3NS. The van der Waals surface area contributed by atoms with Crippen molar-refractivity contribution < 1.29 is 0 Å². The number of thiophene rings is 1. The molecule has 102 valence electrons. The van der Waals surface area contributed by atoms with Gasteiger partial charge < -0.3 is 5.32 Å². The van der Waals surface area contributed by atoms with E-state index in [1.165, 1.54) is 11.3 Å². The van der Waals surface area contributed by atoms with Gasteiger partial charge in [0, 0.05) is 21.1 Å². The summed E-state index contributed by atoms with van der Waals surface area (Å²) in [6.45, 7) is 0. The molecule has 19 heavy (non-hydrogen) atoms. The second kappa shape index (κ2) is 6.79. The molecule has 1 aromatic heterocycles. The zero-order valence-corrected chi connectivity index (χ0v) is 14.7.